The molecular weight excluding hydrogens is 210 g/mol. The molecule has 4 heteroatoms. The maximum atomic E-state index is 12.0. The van der Waals surface area contributed by atoms with Crippen LogP contribution in [0.5, 0.6) is 0 Å². The Kier molecular flexibility index (Phi) is 2.51. The number of nitrogens with zero attached hydrogens (tertiary/aromatic N) is 1. The fraction of sp³-hybridized carbons (Fsp3) is 0. The third-order valence-corrected chi connectivity index (χ3v) is 3.75. The summed E-state index contributed by atoms with van der Waals surface area (Å²) < 4.78 is 24.0. The van der Waals surface area contributed by atoms with Crippen molar-refractivity contribution in [3.63, 3.8) is 0 Å². The lowest BCUT2D eigenvalue weighted by atomic mass is 10.4. The van der Waals surface area contributed by atoms with Crippen LogP contribution < -0.4 is 0 Å². The van der Waals surface area contributed by atoms with Gasteiger partial charge in [-0.3, -0.25) is 4.98 Å². The molecule has 15 heavy (non-hydrogen) atoms. The van der Waals surface area contributed by atoms with Crippen LogP contribution in [0.3, 0.4) is 0 Å². The van der Waals surface area contributed by atoms with Crippen LogP contribution in [0.1, 0.15) is 0 Å². The average Bonchev–Trinajstić information content (AvgIpc) is 2.31. The standard InChI is InChI=1S/C11H9NO2S/c13-15(14,10-5-2-1-3-6-10)11-7-4-8-12-9-11/h1-9H. The van der Waals surface area contributed by atoms with Crippen LogP contribution in [0, 0.1) is 0 Å². The van der Waals surface area contributed by atoms with Gasteiger partial charge in [-0.15, -0.1) is 0 Å². The van der Waals surface area contributed by atoms with Gasteiger partial charge in [0.25, 0.3) is 0 Å². The van der Waals surface area contributed by atoms with Crippen LogP contribution in [0.15, 0.2) is 64.6 Å². The van der Waals surface area contributed by atoms with Gasteiger partial charge in [0.05, 0.1) is 9.79 Å². The van der Waals surface area contributed by atoms with E-state index < -0.39 is 9.84 Å². The highest BCUT2D eigenvalue weighted by Gasteiger charge is 2.16. The molecule has 0 unspecified atom stereocenters. The highest BCUT2D eigenvalue weighted by atomic mass is 32.2. The molecule has 0 amide bonds. The highest BCUT2D eigenvalue weighted by molar-refractivity contribution is 7.91. The van der Waals surface area contributed by atoms with Gasteiger partial charge < -0.3 is 0 Å². The minimum atomic E-state index is -3.40. The first-order valence-corrected chi connectivity index (χ1v) is 5.90. The van der Waals surface area contributed by atoms with E-state index in [1.807, 2.05) is 0 Å². The SMILES string of the molecule is O=S(=O)(c1ccccc1)c1cccnc1. The Hall–Kier alpha value is -1.68. The summed E-state index contributed by atoms with van der Waals surface area (Å²) >= 11 is 0. The van der Waals surface area contributed by atoms with Crippen molar-refractivity contribution >= 4 is 9.84 Å². The number of sulfone groups is 1. The largest absolute Gasteiger partial charge is 0.263 e. The molecule has 0 atom stereocenters. The van der Waals surface area contributed by atoms with E-state index in [2.05, 4.69) is 4.98 Å². The monoisotopic (exact) mass is 219 g/mol. The number of rotatable bonds is 2. The summed E-state index contributed by atoms with van der Waals surface area (Å²) in [7, 11) is -3.40. The van der Waals surface area contributed by atoms with Crippen molar-refractivity contribution in [2.24, 2.45) is 0 Å². The number of hydrogen-bond donors (Lipinski definition) is 0. The Balaban J connectivity index is 2.55. The van der Waals surface area contributed by atoms with E-state index in [4.69, 9.17) is 0 Å². The van der Waals surface area contributed by atoms with Crippen molar-refractivity contribution < 1.29 is 8.42 Å². The molecule has 76 valence electrons. The first kappa shape index (κ1) is 9.86. The molecule has 0 spiro atoms. The topological polar surface area (TPSA) is 47.0 Å². The fourth-order valence-electron chi connectivity index (χ4n) is 1.24. The summed E-state index contributed by atoms with van der Waals surface area (Å²) in [5, 5.41) is 0. The number of pyridine rings is 1. The molecule has 1 heterocycles. The second-order valence-corrected chi connectivity index (χ2v) is 4.95. The molecule has 0 aliphatic carbocycles. The Morgan fingerprint density at radius 1 is 0.867 bits per heavy atom. The fourth-order valence-corrected chi connectivity index (χ4v) is 2.49. The molecule has 0 radical (unpaired) electrons. The third-order valence-electron chi connectivity index (χ3n) is 2.00. The average molecular weight is 219 g/mol. The van der Waals surface area contributed by atoms with Crippen molar-refractivity contribution in [2.75, 3.05) is 0 Å². The molecule has 1 aromatic carbocycles. The van der Waals surface area contributed by atoms with Gasteiger partial charge in [0.2, 0.25) is 9.84 Å². The summed E-state index contributed by atoms with van der Waals surface area (Å²) in [6, 6.07) is 11.5. The van der Waals surface area contributed by atoms with Gasteiger partial charge >= 0.3 is 0 Å². The molecule has 3 nitrogen and oxygen atoms in total. The zero-order valence-corrected chi connectivity index (χ0v) is 8.68. The minimum absolute atomic E-state index is 0.219. The van der Waals surface area contributed by atoms with Gasteiger partial charge in [0.1, 0.15) is 0 Å². The first-order chi connectivity index (χ1) is 7.21. The predicted molar refractivity (Wildman–Crippen MR) is 56.1 cm³/mol. The number of benzene rings is 1. The molecule has 0 saturated heterocycles. The zero-order valence-electron chi connectivity index (χ0n) is 7.87. The van der Waals surface area contributed by atoms with E-state index in [-0.39, 0.29) is 9.79 Å². The van der Waals surface area contributed by atoms with Crippen molar-refractivity contribution in [3.8, 4) is 0 Å². The molecule has 0 N–H and O–H groups in total. The van der Waals surface area contributed by atoms with Gasteiger partial charge in [0, 0.05) is 12.4 Å². The van der Waals surface area contributed by atoms with Crippen LogP contribution in [0.25, 0.3) is 0 Å². The Morgan fingerprint density at radius 2 is 1.53 bits per heavy atom. The molecule has 0 bridgehead atoms. The van der Waals surface area contributed by atoms with E-state index in [1.165, 1.54) is 12.3 Å². The van der Waals surface area contributed by atoms with Crippen molar-refractivity contribution in [3.05, 3.63) is 54.9 Å². The lowest BCUT2D eigenvalue weighted by Crippen LogP contribution is -2.01. The molecule has 0 fully saturated rings. The summed E-state index contributed by atoms with van der Waals surface area (Å²) in [4.78, 5) is 4.31. The Labute approximate surface area is 88.3 Å². The van der Waals surface area contributed by atoms with E-state index in [0.29, 0.717) is 0 Å². The van der Waals surface area contributed by atoms with E-state index in [0.717, 1.165) is 0 Å². The second-order valence-electron chi connectivity index (χ2n) is 3.01. The molecule has 2 aromatic rings. The molecular formula is C11H9NO2S. The summed E-state index contributed by atoms with van der Waals surface area (Å²) in [5.74, 6) is 0. The maximum Gasteiger partial charge on any atom is 0.208 e. The van der Waals surface area contributed by atoms with Gasteiger partial charge in [-0.05, 0) is 24.3 Å². The van der Waals surface area contributed by atoms with Crippen LogP contribution in [-0.4, -0.2) is 13.4 Å². The van der Waals surface area contributed by atoms with Crippen LogP contribution in [0.2, 0.25) is 0 Å². The van der Waals surface area contributed by atoms with Gasteiger partial charge in [-0.25, -0.2) is 8.42 Å². The van der Waals surface area contributed by atoms with Crippen LogP contribution in [-0.2, 0) is 9.84 Å². The highest BCUT2D eigenvalue weighted by Crippen LogP contribution is 2.18. The van der Waals surface area contributed by atoms with Crippen molar-refractivity contribution in [1.82, 2.24) is 4.98 Å². The van der Waals surface area contributed by atoms with Crippen LogP contribution in [0.4, 0.5) is 0 Å². The Bertz CT molecular complexity index is 490. The predicted octanol–water partition coefficient (Wildman–Crippen LogP) is 1.91. The molecule has 2 rings (SSSR count). The maximum absolute atomic E-state index is 12.0. The lowest BCUT2D eigenvalue weighted by Gasteiger charge is -2.02. The number of hydrogen-bond acceptors (Lipinski definition) is 3. The first-order valence-electron chi connectivity index (χ1n) is 4.41. The van der Waals surface area contributed by atoms with E-state index in [1.54, 1.807) is 42.6 Å². The minimum Gasteiger partial charge on any atom is -0.263 e. The zero-order chi connectivity index (χ0) is 10.7. The second kappa shape index (κ2) is 3.82. The summed E-state index contributed by atoms with van der Waals surface area (Å²) in [6.45, 7) is 0. The van der Waals surface area contributed by atoms with Gasteiger partial charge in [-0.2, -0.15) is 0 Å². The molecule has 0 aliphatic heterocycles. The lowest BCUT2D eigenvalue weighted by molar-refractivity contribution is 0.595. The van der Waals surface area contributed by atoms with Gasteiger partial charge in [-0.1, -0.05) is 18.2 Å². The smallest absolute Gasteiger partial charge is 0.208 e. The normalized spacial score (nSPS) is 11.2. The van der Waals surface area contributed by atoms with Crippen molar-refractivity contribution in [1.29, 1.82) is 0 Å². The third kappa shape index (κ3) is 1.89. The molecule has 0 saturated carbocycles. The Morgan fingerprint density at radius 3 is 2.13 bits per heavy atom. The summed E-state index contributed by atoms with van der Waals surface area (Å²) in [5.41, 5.74) is 0. The van der Waals surface area contributed by atoms with Gasteiger partial charge in [0.15, 0.2) is 0 Å². The van der Waals surface area contributed by atoms with E-state index in [9.17, 15) is 8.42 Å². The quantitative estimate of drug-likeness (QED) is 0.775. The number of aromatic nitrogens is 1. The van der Waals surface area contributed by atoms with E-state index >= 15 is 0 Å². The van der Waals surface area contributed by atoms with Crippen molar-refractivity contribution in [2.45, 2.75) is 9.79 Å². The molecule has 0 aliphatic rings. The summed E-state index contributed by atoms with van der Waals surface area (Å²) in [6.07, 6.45) is 2.90. The molecule has 1 aromatic heterocycles. The van der Waals surface area contributed by atoms with Crippen LogP contribution >= 0.6 is 0 Å².